The van der Waals surface area contributed by atoms with Gasteiger partial charge in [-0.1, -0.05) is 29.8 Å². The fourth-order valence-electron chi connectivity index (χ4n) is 1.52. The van der Waals surface area contributed by atoms with Crippen LogP contribution in [0.3, 0.4) is 0 Å². The van der Waals surface area contributed by atoms with Crippen LogP contribution in [-0.2, 0) is 0 Å². The Hall–Kier alpha value is -1.39. The van der Waals surface area contributed by atoms with E-state index in [-0.39, 0.29) is 6.04 Å². The second-order valence-corrected chi connectivity index (χ2v) is 3.55. The van der Waals surface area contributed by atoms with Gasteiger partial charge in [0.1, 0.15) is 5.69 Å². The zero-order valence-corrected chi connectivity index (χ0v) is 8.99. The predicted molar refractivity (Wildman–Crippen MR) is 58.7 cm³/mol. The van der Waals surface area contributed by atoms with Crippen molar-refractivity contribution in [3.8, 4) is 0 Å². The Morgan fingerprint density at radius 3 is 2.80 bits per heavy atom. The highest BCUT2D eigenvalue weighted by Crippen LogP contribution is 2.25. The first-order valence-electron chi connectivity index (χ1n) is 4.60. The largest absolute Gasteiger partial charge is 0.308 e. The van der Waals surface area contributed by atoms with Crippen LogP contribution in [0.25, 0.3) is 0 Å². The minimum absolute atomic E-state index is 0.0301. The monoisotopic (exact) mass is 222 g/mol. The molecule has 0 amide bonds. The number of nitrogens with zero attached hydrogens (tertiary/aromatic N) is 2. The average Bonchev–Trinajstić information content (AvgIpc) is 2.75. The third-order valence-corrected chi connectivity index (χ3v) is 2.58. The van der Waals surface area contributed by atoms with E-state index in [0.717, 1.165) is 16.3 Å². The molecule has 0 fully saturated rings. The maximum Gasteiger partial charge on any atom is 0.104 e. The fourth-order valence-corrected chi connectivity index (χ4v) is 1.77. The van der Waals surface area contributed by atoms with Crippen molar-refractivity contribution in [3.05, 3.63) is 46.7 Å². The van der Waals surface area contributed by atoms with Gasteiger partial charge < -0.3 is 5.32 Å². The van der Waals surface area contributed by atoms with Crippen molar-refractivity contribution in [2.45, 2.75) is 6.04 Å². The standard InChI is InChI=1S/C10H11ClN4/c1-12-10(9-6-13-15-14-9)7-4-2-3-5-8(7)11/h2-6,10,12H,1H3,(H,13,14,15). The molecular formula is C10H11ClN4. The molecule has 2 aromatic rings. The molecule has 1 aromatic carbocycles. The SMILES string of the molecule is CNC(c1cn[nH]n1)c1ccccc1Cl. The molecule has 2 rings (SSSR count). The van der Waals surface area contributed by atoms with Crippen molar-refractivity contribution in [2.24, 2.45) is 0 Å². The second-order valence-electron chi connectivity index (χ2n) is 3.14. The Kier molecular flexibility index (Phi) is 2.99. The topological polar surface area (TPSA) is 53.6 Å². The summed E-state index contributed by atoms with van der Waals surface area (Å²) < 4.78 is 0. The van der Waals surface area contributed by atoms with Gasteiger partial charge in [-0.2, -0.15) is 15.4 Å². The third-order valence-electron chi connectivity index (χ3n) is 2.23. The molecule has 0 aliphatic rings. The smallest absolute Gasteiger partial charge is 0.104 e. The van der Waals surface area contributed by atoms with Crippen LogP contribution in [0.5, 0.6) is 0 Å². The molecule has 0 bridgehead atoms. The van der Waals surface area contributed by atoms with Crippen LogP contribution >= 0.6 is 11.6 Å². The molecule has 1 atom stereocenters. The van der Waals surface area contributed by atoms with Crippen LogP contribution < -0.4 is 5.32 Å². The number of hydrogen-bond acceptors (Lipinski definition) is 3. The van der Waals surface area contributed by atoms with E-state index in [4.69, 9.17) is 11.6 Å². The molecule has 0 saturated carbocycles. The van der Waals surface area contributed by atoms with Crippen LogP contribution in [0.1, 0.15) is 17.3 Å². The molecule has 0 aliphatic heterocycles. The number of aromatic nitrogens is 3. The van der Waals surface area contributed by atoms with Crippen LogP contribution in [-0.4, -0.2) is 22.5 Å². The molecule has 1 aromatic heterocycles. The van der Waals surface area contributed by atoms with Crippen molar-refractivity contribution < 1.29 is 0 Å². The van der Waals surface area contributed by atoms with Gasteiger partial charge in [0.05, 0.1) is 12.2 Å². The molecule has 0 radical (unpaired) electrons. The number of hydrogen-bond donors (Lipinski definition) is 2. The van der Waals surface area contributed by atoms with Gasteiger partial charge in [-0.05, 0) is 18.7 Å². The van der Waals surface area contributed by atoms with Gasteiger partial charge in [0, 0.05) is 5.02 Å². The molecule has 5 heteroatoms. The minimum Gasteiger partial charge on any atom is -0.308 e. The summed E-state index contributed by atoms with van der Waals surface area (Å²) >= 11 is 6.12. The first kappa shape index (κ1) is 10.1. The lowest BCUT2D eigenvalue weighted by Gasteiger charge is -2.14. The summed E-state index contributed by atoms with van der Waals surface area (Å²) in [7, 11) is 1.86. The Bertz CT molecular complexity index is 427. The maximum atomic E-state index is 6.12. The van der Waals surface area contributed by atoms with Crippen LogP contribution in [0.4, 0.5) is 0 Å². The highest BCUT2D eigenvalue weighted by molar-refractivity contribution is 6.31. The highest BCUT2D eigenvalue weighted by Gasteiger charge is 2.16. The van der Waals surface area contributed by atoms with Crippen molar-refractivity contribution in [1.82, 2.24) is 20.7 Å². The summed E-state index contributed by atoms with van der Waals surface area (Å²) in [4.78, 5) is 0. The molecule has 78 valence electrons. The first-order chi connectivity index (χ1) is 7.33. The summed E-state index contributed by atoms with van der Waals surface area (Å²) in [6.07, 6.45) is 1.69. The molecule has 2 N–H and O–H groups in total. The van der Waals surface area contributed by atoms with E-state index < -0.39 is 0 Å². The fraction of sp³-hybridized carbons (Fsp3) is 0.200. The second kappa shape index (κ2) is 4.42. The third kappa shape index (κ3) is 2.00. The summed E-state index contributed by atoms with van der Waals surface area (Å²) in [5, 5.41) is 14.3. The van der Waals surface area contributed by atoms with Gasteiger partial charge in [0.25, 0.3) is 0 Å². The number of benzene rings is 1. The lowest BCUT2D eigenvalue weighted by Crippen LogP contribution is -2.18. The lowest BCUT2D eigenvalue weighted by molar-refractivity contribution is 0.667. The van der Waals surface area contributed by atoms with E-state index in [9.17, 15) is 0 Å². The van der Waals surface area contributed by atoms with E-state index in [1.807, 2.05) is 31.3 Å². The van der Waals surface area contributed by atoms with Gasteiger partial charge in [0.15, 0.2) is 0 Å². The van der Waals surface area contributed by atoms with Gasteiger partial charge in [0.2, 0.25) is 0 Å². The zero-order valence-electron chi connectivity index (χ0n) is 8.24. The Balaban J connectivity index is 2.40. The summed E-state index contributed by atoms with van der Waals surface area (Å²) in [6.45, 7) is 0. The van der Waals surface area contributed by atoms with E-state index in [2.05, 4.69) is 20.7 Å². The summed E-state index contributed by atoms with van der Waals surface area (Å²) in [5.41, 5.74) is 1.82. The first-order valence-corrected chi connectivity index (χ1v) is 4.98. The molecule has 4 nitrogen and oxygen atoms in total. The molecule has 0 aliphatic carbocycles. The highest BCUT2D eigenvalue weighted by atomic mass is 35.5. The van der Waals surface area contributed by atoms with Gasteiger partial charge in [-0.25, -0.2) is 0 Å². The van der Waals surface area contributed by atoms with E-state index in [1.54, 1.807) is 6.20 Å². The summed E-state index contributed by atoms with van der Waals surface area (Å²) in [6, 6.07) is 7.66. The van der Waals surface area contributed by atoms with Crippen molar-refractivity contribution in [3.63, 3.8) is 0 Å². The molecule has 0 saturated heterocycles. The Morgan fingerprint density at radius 1 is 1.40 bits per heavy atom. The van der Waals surface area contributed by atoms with E-state index >= 15 is 0 Å². The number of nitrogens with one attached hydrogen (secondary N) is 2. The lowest BCUT2D eigenvalue weighted by atomic mass is 10.0. The number of rotatable bonds is 3. The summed E-state index contributed by atoms with van der Waals surface area (Å²) in [5.74, 6) is 0. The number of halogens is 1. The Labute approximate surface area is 92.7 Å². The minimum atomic E-state index is -0.0301. The molecular weight excluding hydrogens is 212 g/mol. The average molecular weight is 223 g/mol. The molecule has 1 heterocycles. The van der Waals surface area contributed by atoms with Crippen LogP contribution in [0.2, 0.25) is 5.02 Å². The van der Waals surface area contributed by atoms with Crippen LogP contribution in [0, 0.1) is 0 Å². The molecule has 0 spiro atoms. The molecule has 1 unspecified atom stereocenters. The van der Waals surface area contributed by atoms with E-state index in [1.165, 1.54) is 0 Å². The predicted octanol–water partition coefficient (Wildman–Crippen LogP) is 1.77. The normalized spacial score (nSPS) is 12.7. The van der Waals surface area contributed by atoms with Gasteiger partial charge in [-0.3, -0.25) is 0 Å². The van der Waals surface area contributed by atoms with Crippen molar-refractivity contribution in [1.29, 1.82) is 0 Å². The zero-order chi connectivity index (χ0) is 10.7. The Morgan fingerprint density at radius 2 is 2.20 bits per heavy atom. The van der Waals surface area contributed by atoms with E-state index in [0.29, 0.717) is 0 Å². The molecule has 15 heavy (non-hydrogen) atoms. The van der Waals surface area contributed by atoms with Crippen LogP contribution in [0.15, 0.2) is 30.5 Å². The van der Waals surface area contributed by atoms with Gasteiger partial charge in [-0.15, -0.1) is 0 Å². The van der Waals surface area contributed by atoms with Gasteiger partial charge >= 0.3 is 0 Å². The number of aromatic amines is 1. The van der Waals surface area contributed by atoms with Crippen molar-refractivity contribution >= 4 is 11.6 Å². The maximum absolute atomic E-state index is 6.12. The number of H-pyrrole nitrogens is 1. The van der Waals surface area contributed by atoms with Crippen molar-refractivity contribution in [2.75, 3.05) is 7.05 Å². The quantitative estimate of drug-likeness (QED) is 0.832.